The van der Waals surface area contributed by atoms with Crippen molar-refractivity contribution < 1.29 is 15.3 Å². The van der Waals surface area contributed by atoms with Crippen LogP contribution in [-0.2, 0) is 9.53 Å². The normalized spacial score (nSPS) is 13.4. The van der Waals surface area contributed by atoms with Crippen molar-refractivity contribution in [2.75, 3.05) is 6.61 Å². The van der Waals surface area contributed by atoms with Crippen molar-refractivity contribution in [2.24, 2.45) is 5.41 Å². The molecule has 0 amide bonds. The molecule has 3 heteroatoms. The van der Waals surface area contributed by atoms with Crippen LogP contribution < -0.4 is 5.73 Å². The Bertz CT molecular complexity index is 194. The Hall–Kier alpha value is -0.830. The monoisotopic (exact) mass is 200 g/mol. The molecule has 0 aliphatic rings. The number of quaternary nitrogens is 1. The lowest BCUT2D eigenvalue weighted by molar-refractivity contribution is -0.402. The molecule has 0 bridgehead atoms. The highest BCUT2D eigenvalue weighted by Crippen LogP contribution is 2.17. The topological polar surface area (TPSA) is 53.9 Å². The van der Waals surface area contributed by atoms with Gasteiger partial charge in [-0.25, -0.2) is 0 Å². The van der Waals surface area contributed by atoms with Crippen LogP contribution in [0.2, 0.25) is 0 Å². The smallest absolute Gasteiger partial charge is 0.312 e. The van der Waals surface area contributed by atoms with Crippen LogP contribution in [0.25, 0.3) is 0 Å². The first-order valence-corrected chi connectivity index (χ1v) is 4.96. The lowest BCUT2D eigenvalue weighted by Gasteiger charge is -2.17. The van der Waals surface area contributed by atoms with Gasteiger partial charge in [-0.15, -0.1) is 0 Å². The van der Waals surface area contributed by atoms with E-state index in [1.807, 2.05) is 0 Å². The molecule has 0 saturated heterocycles. The SMILES string of the molecule is C=CC([NH3+])CC(=O)OCCC(C)(C)C. The number of carbonyl (C=O) groups excluding carboxylic acids is 1. The van der Waals surface area contributed by atoms with Gasteiger partial charge in [0.15, 0.2) is 0 Å². The molecule has 3 N–H and O–H groups in total. The van der Waals surface area contributed by atoms with E-state index in [0.29, 0.717) is 13.0 Å². The maximum atomic E-state index is 11.2. The molecule has 0 aromatic rings. The van der Waals surface area contributed by atoms with Crippen molar-refractivity contribution in [3.63, 3.8) is 0 Å². The van der Waals surface area contributed by atoms with Crippen LogP contribution in [0.3, 0.4) is 0 Å². The van der Waals surface area contributed by atoms with E-state index in [1.54, 1.807) is 6.08 Å². The van der Waals surface area contributed by atoms with Gasteiger partial charge >= 0.3 is 5.97 Å². The minimum absolute atomic E-state index is 0.0443. The molecule has 0 aromatic heterocycles. The van der Waals surface area contributed by atoms with Crippen molar-refractivity contribution >= 4 is 5.97 Å². The number of hydrogen-bond donors (Lipinski definition) is 1. The fourth-order valence-electron chi connectivity index (χ4n) is 0.827. The third-order valence-electron chi connectivity index (χ3n) is 1.88. The molecule has 0 rings (SSSR count). The van der Waals surface area contributed by atoms with Gasteiger partial charge in [0.2, 0.25) is 0 Å². The molecular weight excluding hydrogens is 178 g/mol. The summed E-state index contributed by atoms with van der Waals surface area (Å²) in [6.45, 7) is 10.4. The molecule has 1 unspecified atom stereocenters. The highest BCUT2D eigenvalue weighted by Gasteiger charge is 2.13. The lowest BCUT2D eigenvalue weighted by atomic mass is 9.93. The van der Waals surface area contributed by atoms with Gasteiger partial charge in [0.1, 0.15) is 12.5 Å². The zero-order chi connectivity index (χ0) is 11.2. The number of ether oxygens (including phenoxy) is 1. The first-order valence-electron chi connectivity index (χ1n) is 4.96. The highest BCUT2D eigenvalue weighted by atomic mass is 16.5. The van der Waals surface area contributed by atoms with Crippen molar-refractivity contribution in [1.82, 2.24) is 0 Å². The Labute approximate surface area is 86.3 Å². The minimum Gasteiger partial charge on any atom is -0.465 e. The molecule has 0 aliphatic heterocycles. The van der Waals surface area contributed by atoms with E-state index >= 15 is 0 Å². The van der Waals surface area contributed by atoms with Gasteiger partial charge in [-0.1, -0.05) is 27.4 Å². The summed E-state index contributed by atoms with van der Waals surface area (Å²) in [6.07, 6.45) is 2.87. The van der Waals surface area contributed by atoms with Crippen LogP contribution in [0.4, 0.5) is 0 Å². The van der Waals surface area contributed by atoms with E-state index in [0.717, 1.165) is 6.42 Å². The van der Waals surface area contributed by atoms with E-state index in [9.17, 15) is 4.79 Å². The van der Waals surface area contributed by atoms with E-state index < -0.39 is 0 Å². The quantitative estimate of drug-likeness (QED) is 0.534. The van der Waals surface area contributed by atoms with Crippen LogP contribution in [0.15, 0.2) is 12.7 Å². The first-order chi connectivity index (χ1) is 6.35. The van der Waals surface area contributed by atoms with Gasteiger partial charge in [-0.2, -0.15) is 0 Å². The molecule has 1 atom stereocenters. The van der Waals surface area contributed by atoms with Crippen LogP contribution >= 0.6 is 0 Å². The number of esters is 1. The van der Waals surface area contributed by atoms with Crippen molar-refractivity contribution in [3.8, 4) is 0 Å². The Morgan fingerprint density at radius 3 is 2.57 bits per heavy atom. The summed E-state index contributed by atoms with van der Waals surface area (Å²) in [7, 11) is 0. The molecule has 0 saturated carbocycles. The Balaban J connectivity index is 3.60. The Morgan fingerprint density at radius 2 is 2.14 bits per heavy atom. The highest BCUT2D eigenvalue weighted by molar-refractivity contribution is 5.70. The molecule has 82 valence electrons. The average molecular weight is 200 g/mol. The van der Waals surface area contributed by atoms with Crippen LogP contribution in [0.5, 0.6) is 0 Å². The van der Waals surface area contributed by atoms with Gasteiger partial charge < -0.3 is 10.5 Å². The van der Waals surface area contributed by atoms with E-state index in [1.165, 1.54) is 0 Å². The Kier molecular flexibility index (Phi) is 5.46. The zero-order valence-corrected chi connectivity index (χ0v) is 9.51. The summed E-state index contributed by atoms with van der Waals surface area (Å²) in [5.41, 5.74) is 3.95. The second-order valence-corrected chi connectivity index (χ2v) is 4.73. The van der Waals surface area contributed by atoms with Crippen LogP contribution in [0, 0.1) is 5.41 Å². The molecule has 0 heterocycles. The molecular formula is C11H22NO2+. The van der Waals surface area contributed by atoms with Gasteiger partial charge in [0.05, 0.1) is 6.61 Å². The predicted molar refractivity (Wildman–Crippen MR) is 56.5 cm³/mol. The summed E-state index contributed by atoms with van der Waals surface area (Å²) in [5.74, 6) is -0.186. The van der Waals surface area contributed by atoms with Gasteiger partial charge in [-0.3, -0.25) is 4.79 Å². The second-order valence-electron chi connectivity index (χ2n) is 4.73. The first kappa shape index (κ1) is 13.2. The summed E-state index contributed by atoms with van der Waals surface area (Å²) in [6, 6.07) is -0.0443. The predicted octanol–water partition coefficient (Wildman–Crippen LogP) is 1.15. The second kappa shape index (κ2) is 5.81. The lowest BCUT2D eigenvalue weighted by Crippen LogP contribution is -2.60. The minimum atomic E-state index is -0.186. The summed E-state index contributed by atoms with van der Waals surface area (Å²) in [5, 5.41) is 0. The molecule has 3 nitrogen and oxygen atoms in total. The fourth-order valence-corrected chi connectivity index (χ4v) is 0.827. The van der Waals surface area contributed by atoms with Gasteiger partial charge in [0.25, 0.3) is 0 Å². The summed E-state index contributed by atoms with van der Waals surface area (Å²) < 4.78 is 5.06. The largest absolute Gasteiger partial charge is 0.465 e. The van der Waals surface area contributed by atoms with Gasteiger partial charge in [0, 0.05) is 0 Å². The van der Waals surface area contributed by atoms with E-state index in [2.05, 4.69) is 33.1 Å². The van der Waals surface area contributed by atoms with E-state index in [4.69, 9.17) is 4.74 Å². The summed E-state index contributed by atoms with van der Waals surface area (Å²) in [4.78, 5) is 11.2. The standard InChI is InChI=1S/C11H21NO2/c1-5-9(12)8-10(13)14-7-6-11(2,3)4/h5,9H,1,6-8,12H2,2-4H3/p+1. The third kappa shape index (κ3) is 7.80. The molecule has 0 fully saturated rings. The third-order valence-corrected chi connectivity index (χ3v) is 1.88. The number of hydrogen-bond acceptors (Lipinski definition) is 2. The van der Waals surface area contributed by atoms with Gasteiger partial charge in [-0.05, 0) is 17.9 Å². The van der Waals surface area contributed by atoms with Crippen molar-refractivity contribution in [1.29, 1.82) is 0 Å². The summed E-state index contributed by atoms with van der Waals surface area (Å²) >= 11 is 0. The molecule has 0 radical (unpaired) electrons. The van der Waals surface area contributed by atoms with Crippen LogP contribution in [0.1, 0.15) is 33.6 Å². The molecule has 0 aliphatic carbocycles. The molecule has 0 aromatic carbocycles. The maximum absolute atomic E-state index is 11.2. The zero-order valence-electron chi connectivity index (χ0n) is 9.51. The maximum Gasteiger partial charge on any atom is 0.312 e. The fraction of sp³-hybridized carbons (Fsp3) is 0.727. The number of rotatable bonds is 5. The molecule has 0 spiro atoms. The number of carbonyl (C=O) groups is 1. The average Bonchev–Trinajstić information content (AvgIpc) is 2.01. The molecule has 14 heavy (non-hydrogen) atoms. The van der Waals surface area contributed by atoms with Crippen molar-refractivity contribution in [2.45, 2.75) is 39.7 Å². The van der Waals surface area contributed by atoms with Crippen molar-refractivity contribution in [3.05, 3.63) is 12.7 Å². The Morgan fingerprint density at radius 1 is 1.57 bits per heavy atom. The van der Waals surface area contributed by atoms with Crippen LogP contribution in [-0.4, -0.2) is 18.6 Å². The van der Waals surface area contributed by atoms with E-state index in [-0.39, 0.29) is 17.4 Å².